The lowest BCUT2D eigenvalue weighted by atomic mass is 10.1. The van der Waals surface area contributed by atoms with E-state index >= 15 is 0 Å². The highest BCUT2D eigenvalue weighted by atomic mass is 32.1. The Morgan fingerprint density at radius 1 is 1.45 bits per heavy atom. The zero-order valence-electron chi connectivity index (χ0n) is 7.55. The topological polar surface area (TPSA) is 38.0 Å². The van der Waals surface area contributed by atoms with Gasteiger partial charge in [0.25, 0.3) is 0 Å². The molecule has 11 heavy (non-hydrogen) atoms. The molecule has 0 saturated heterocycles. The maximum Gasteiger partial charge on any atom is 0.0768 e. The van der Waals surface area contributed by atoms with Crippen molar-refractivity contribution in [3.05, 3.63) is 0 Å². The van der Waals surface area contributed by atoms with E-state index in [2.05, 4.69) is 26.1 Å². The fourth-order valence-corrected chi connectivity index (χ4v) is 0.928. The molecule has 0 rings (SSSR count). The van der Waals surface area contributed by atoms with Gasteiger partial charge in [-0.3, -0.25) is 0 Å². The van der Waals surface area contributed by atoms with Gasteiger partial charge in [-0.2, -0.15) is 0 Å². The van der Waals surface area contributed by atoms with Gasteiger partial charge in [0.15, 0.2) is 0 Å². The molecule has 0 fully saturated rings. The van der Waals surface area contributed by atoms with Crippen molar-refractivity contribution in [2.45, 2.75) is 33.2 Å². The molecule has 0 saturated carbocycles. The minimum atomic E-state index is 0.453. The van der Waals surface area contributed by atoms with Crippen LogP contribution in [0.15, 0.2) is 0 Å². The summed E-state index contributed by atoms with van der Waals surface area (Å²) >= 11 is 5.06. The summed E-state index contributed by atoms with van der Waals surface area (Å²) in [6.07, 6.45) is 0.798. The summed E-state index contributed by atoms with van der Waals surface area (Å²) < 4.78 is 0. The Kier molecular flexibility index (Phi) is 5.42. The van der Waals surface area contributed by atoms with Crippen LogP contribution in [0.1, 0.15) is 27.2 Å². The smallest absolute Gasteiger partial charge is 0.0768 e. The van der Waals surface area contributed by atoms with Gasteiger partial charge in [-0.1, -0.05) is 26.1 Å². The summed E-state index contributed by atoms with van der Waals surface area (Å²) in [5.41, 5.74) is 5.35. The lowest BCUT2D eigenvalue weighted by Gasteiger charge is -2.18. The van der Waals surface area contributed by atoms with Crippen LogP contribution in [0.5, 0.6) is 0 Å². The van der Waals surface area contributed by atoms with Crippen molar-refractivity contribution in [1.82, 2.24) is 5.32 Å². The molecule has 0 aromatic heterocycles. The van der Waals surface area contributed by atoms with E-state index in [0.717, 1.165) is 11.4 Å². The number of thiocarbonyl (C=S) groups is 1. The van der Waals surface area contributed by atoms with Crippen LogP contribution < -0.4 is 11.1 Å². The first-order valence-corrected chi connectivity index (χ1v) is 4.48. The van der Waals surface area contributed by atoms with E-state index < -0.39 is 0 Å². The fourth-order valence-electron chi connectivity index (χ4n) is 0.624. The van der Waals surface area contributed by atoms with Crippen LogP contribution in [0, 0.1) is 5.92 Å². The number of hydrogen-bond donors (Lipinski definition) is 2. The molecule has 3 heteroatoms. The second-order valence-corrected chi connectivity index (χ2v) is 3.63. The second kappa shape index (κ2) is 5.49. The lowest BCUT2D eigenvalue weighted by molar-refractivity contribution is 0.487. The molecule has 1 atom stereocenters. The number of nitrogens with two attached hydrogens (primary N) is 1. The first-order chi connectivity index (χ1) is 5.07. The predicted molar refractivity (Wildman–Crippen MR) is 53.7 cm³/mol. The third-order valence-corrected chi connectivity index (χ3v) is 2.08. The van der Waals surface area contributed by atoms with Crippen LogP contribution in [0.3, 0.4) is 0 Å². The average Bonchev–Trinajstić information content (AvgIpc) is 1.87. The first kappa shape index (κ1) is 10.8. The number of nitrogens with one attached hydrogen (secondary N) is 1. The highest BCUT2D eigenvalue weighted by Crippen LogP contribution is 2.00. The standard InChI is InChI=1S/C8H18N2S/c1-6(2)7(3)10-8(11)4-5-9/h6-7H,4-5,9H2,1-3H3,(H,10,11). The predicted octanol–water partition coefficient (Wildman–Crippen LogP) is 1.30. The molecular weight excluding hydrogens is 156 g/mol. The molecule has 0 aromatic rings. The van der Waals surface area contributed by atoms with Crippen molar-refractivity contribution in [1.29, 1.82) is 0 Å². The van der Waals surface area contributed by atoms with Crippen LogP contribution >= 0.6 is 12.2 Å². The van der Waals surface area contributed by atoms with Gasteiger partial charge in [0, 0.05) is 12.5 Å². The minimum Gasteiger partial charge on any atom is -0.377 e. The average molecular weight is 174 g/mol. The zero-order valence-corrected chi connectivity index (χ0v) is 8.37. The highest BCUT2D eigenvalue weighted by molar-refractivity contribution is 7.80. The van der Waals surface area contributed by atoms with Gasteiger partial charge in [0.2, 0.25) is 0 Å². The van der Waals surface area contributed by atoms with Gasteiger partial charge in [0.05, 0.1) is 4.99 Å². The van der Waals surface area contributed by atoms with Crippen LogP contribution in [0.4, 0.5) is 0 Å². The Bertz CT molecular complexity index is 123. The highest BCUT2D eigenvalue weighted by Gasteiger charge is 2.06. The summed E-state index contributed by atoms with van der Waals surface area (Å²) in [6.45, 7) is 7.11. The Labute approximate surface area is 74.5 Å². The molecule has 0 bridgehead atoms. The molecule has 0 aliphatic rings. The largest absolute Gasteiger partial charge is 0.377 e. The van der Waals surface area contributed by atoms with Crippen molar-refractivity contribution in [2.24, 2.45) is 11.7 Å². The summed E-state index contributed by atoms with van der Waals surface area (Å²) in [6, 6.07) is 0.453. The van der Waals surface area contributed by atoms with Crippen molar-refractivity contribution >= 4 is 17.2 Å². The second-order valence-electron chi connectivity index (χ2n) is 3.14. The lowest BCUT2D eigenvalue weighted by Crippen LogP contribution is -2.35. The summed E-state index contributed by atoms with van der Waals surface area (Å²) in [5, 5.41) is 3.23. The molecule has 3 N–H and O–H groups in total. The van der Waals surface area contributed by atoms with Crippen molar-refractivity contribution in [3.8, 4) is 0 Å². The SMILES string of the molecule is CC(C)C(C)NC(=S)CCN. The Hall–Kier alpha value is -0.150. The van der Waals surface area contributed by atoms with Crippen LogP contribution in [-0.4, -0.2) is 17.6 Å². The molecule has 2 nitrogen and oxygen atoms in total. The molecule has 0 aliphatic heterocycles. The van der Waals surface area contributed by atoms with Gasteiger partial charge < -0.3 is 11.1 Å². The van der Waals surface area contributed by atoms with E-state index in [-0.39, 0.29) is 0 Å². The monoisotopic (exact) mass is 174 g/mol. The quantitative estimate of drug-likeness (QED) is 0.631. The molecule has 0 aliphatic carbocycles. The normalized spacial score (nSPS) is 13.2. The van der Waals surface area contributed by atoms with Crippen LogP contribution in [-0.2, 0) is 0 Å². The molecular formula is C8H18N2S. The third kappa shape index (κ3) is 5.16. The van der Waals surface area contributed by atoms with E-state index in [1.807, 2.05) is 0 Å². The van der Waals surface area contributed by atoms with Gasteiger partial charge >= 0.3 is 0 Å². The maximum absolute atomic E-state index is 5.35. The zero-order chi connectivity index (χ0) is 8.85. The fraction of sp³-hybridized carbons (Fsp3) is 0.875. The van der Waals surface area contributed by atoms with Crippen LogP contribution in [0.2, 0.25) is 0 Å². The molecule has 0 heterocycles. The van der Waals surface area contributed by atoms with Crippen molar-refractivity contribution in [3.63, 3.8) is 0 Å². The van der Waals surface area contributed by atoms with E-state index in [1.165, 1.54) is 0 Å². The van der Waals surface area contributed by atoms with Crippen molar-refractivity contribution < 1.29 is 0 Å². The summed E-state index contributed by atoms with van der Waals surface area (Å²) in [5.74, 6) is 0.616. The van der Waals surface area contributed by atoms with Crippen LogP contribution in [0.25, 0.3) is 0 Å². The van der Waals surface area contributed by atoms with E-state index in [4.69, 9.17) is 18.0 Å². The molecule has 0 spiro atoms. The number of rotatable bonds is 4. The number of hydrogen-bond acceptors (Lipinski definition) is 2. The van der Waals surface area contributed by atoms with Gasteiger partial charge in [-0.25, -0.2) is 0 Å². The van der Waals surface area contributed by atoms with Gasteiger partial charge in [0.1, 0.15) is 0 Å². The molecule has 0 radical (unpaired) electrons. The Morgan fingerprint density at radius 2 is 2.00 bits per heavy atom. The summed E-state index contributed by atoms with van der Waals surface area (Å²) in [7, 11) is 0. The van der Waals surface area contributed by atoms with Crippen molar-refractivity contribution in [2.75, 3.05) is 6.54 Å². The Morgan fingerprint density at radius 3 is 2.36 bits per heavy atom. The van der Waals surface area contributed by atoms with E-state index in [1.54, 1.807) is 0 Å². The maximum atomic E-state index is 5.35. The Balaban J connectivity index is 3.57. The molecule has 66 valence electrons. The van der Waals surface area contributed by atoms with E-state index in [9.17, 15) is 0 Å². The molecule has 1 unspecified atom stereocenters. The van der Waals surface area contributed by atoms with Gasteiger partial charge in [-0.05, 0) is 19.4 Å². The summed E-state index contributed by atoms with van der Waals surface area (Å²) in [4.78, 5) is 0.883. The molecule has 0 aromatic carbocycles. The van der Waals surface area contributed by atoms with E-state index in [0.29, 0.717) is 18.5 Å². The molecule has 0 amide bonds. The third-order valence-electron chi connectivity index (χ3n) is 1.76. The minimum absolute atomic E-state index is 0.453. The first-order valence-electron chi connectivity index (χ1n) is 4.07. The van der Waals surface area contributed by atoms with Gasteiger partial charge in [-0.15, -0.1) is 0 Å².